The van der Waals surface area contributed by atoms with Gasteiger partial charge in [0.25, 0.3) is 0 Å². The maximum absolute atomic E-state index is 12.1. The number of carbonyl (C=O) groups excluding carboxylic acids is 1. The van der Waals surface area contributed by atoms with Crippen LogP contribution in [0.25, 0.3) is 0 Å². The van der Waals surface area contributed by atoms with Gasteiger partial charge in [-0.05, 0) is 39.7 Å². The number of aromatic nitrogens is 2. The van der Waals surface area contributed by atoms with Crippen LogP contribution in [-0.2, 0) is 9.47 Å². The highest BCUT2D eigenvalue weighted by atomic mass is 16.6. The Hall–Kier alpha value is -1.56. The standard InChI is InChI=1S/C16H25N3O3/c1-16(2,3)22-15(20)18-8-5-12(6-9-18)14-4-7-17-19(14)13-10-21-11-13/h4,7,12-13H,5-6,8-11H2,1-3H3. The van der Waals surface area contributed by atoms with Crippen LogP contribution in [0.4, 0.5) is 4.79 Å². The lowest BCUT2D eigenvalue weighted by Gasteiger charge is -2.35. The molecule has 1 aromatic heterocycles. The lowest BCUT2D eigenvalue weighted by Crippen LogP contribution is -2.42. The molecule has 1 aromatic rings. The van der Waals surface area contributed by atoms with Crippen LogP contribution in [0.3, 0.4) is 0 Å². The number of ether oxygens (including phenoxy) is 2. The van der Waals surface area contributed by atoms with Crippen molar-refractivity contribution in [3.8, 4) is 0 Å². The zero-order chi connectivity index (χ0) is 15.7. The molecule has 0 spiro atoms. The first kappa shape index (κ1) is 15.3. The molecule has 3 heterocycles. The number of hydrogen-bond donors (Lipinski definition) is 0. The van der Waals surface area contributed by atoms with E-state index in [1.807, 2.05) is 31.9 Å². The average Bonchev–Trinajstić information content (AvgIpc) is 2.84. The van der Waals surface area contributed by atoms with Crippen LogP contribution in [0.15, 0.2) is 12.3 Å². The first-order valence-corrected chi connectivity index (χ1v) is 8.03. The average molecular weight is 307 g/mol. The van der Waals surface area contributed by atoms with Gasteiger partial charge in [-0.25, -0.2) is 4.79 Å². The zero-order valence-electron chi connectivity index (χ0n) is 13.6. The van der Waals surface area contributed by atoms with E-state index in [-0.39, 0.29) is 6.09 Å². The fourth-order valence-corrected chi connectivity index (χ4v) is 3.00. The van der Waals surface area contributed by atoms with Gasteiger partial charge in [0.15, 0.2) is 0 Å². The van der Waals surface area contributed by atoms with Crippen molar-refractivity contribution in [1.29, 1.82) is 0 Å². The molecular weight excluding hydrogens is 282 g/mol. The van der Waals surface area contributed by atoms with Gasteiger partial charge < -0.3 is 14.4 Å². The Balaban J connectivity index is 1.58. The Morgan fingerprint density at radius 3 is 2.55 bits per heavy atom. The summed E-state index contributed by atoms with van der Waals surface area (Å²) in [6, 6.07) is 2.49. The summed E-state index contributed by atoms with van der Waals surface area (Å²) in [5.41, 5.74) is 0.841. The summed E-state index contributed by atoms with van der Waals surface area (Å²) in [4.78, 5) is 13.9. The third kappa shape index (κ3) is 3.27. The maximum atomic E-state index is 12.1. The van der Waals surface area contributed by atoms with E-state index >= 15 is 0 Å². The number of likely N-dealkylation sites (tertiary alicyclic amines) is 1. The molecule has 6 heteroatoms. The third-order valence-corrected chi connectivity index (χ3v) is 4.23. The molecule has 2 saturated heterocycles. The van der Waals surface area contributed by atoms with Gasteiger partial charge >= 0.3 is 6.09 Å². The van der Waals surface area contributed by atoms with E-state index in [0.717, 1.165) is 39.1 Å². The van der Waals surface area contributed by atoms with Crippen LogP contribution in [0, 0.1) is 0 Å². The summed E-state index contributed by atoms with van der Waals surface area (Å²) in [5.74, 6) is 0.460. The van der Waals surface area contributed by atoms with Crippen LogP contribution >= 0.6 is 0 Å². The summed E-state index contributed by atoms with van der Waals surface area (Å²) in [6.07, 6.45) is 3.58. The minimum absolute atomic E-state index is 0.202. The topological polar surface area (TPSA) is 56.6 Å². The Bertz CT molecular complexity index is 523. The normalized spacial score (nSPS) is 20.8. The van der Waals surface area contributed by atoms with Gasteiger partial charge in [-0.2, -0.15) is 5.10 Å². The molecule has 0 radical (unpaired) electrons. The molecule has 6 nitrogen and oxygen atoms in total. The minimum atomic E-state index is -0.434. The van der Waals surface area contributed by atoms with Crippen molar-refractivity contribution in [2.75, 3.05) is 26.3 Å². The van der Waals surface area contributed by atoms with Gasteiger partial charge in [0.2, 0.25) is 0 Å². The van der Waals surface area contributed by atoms with E-state index in [2.05, 4.69) is 15.8 Å². The van der Waals surface area contributed by atoms with Gasteiger partial charge in [-0.15, -0.1) is 0 Å². The number of hydrogen-bond acceptors (Lipinski definition) is 4. The monoisotopic (exact) mass is 307 g/mol. The molecule has 3 rings (SSSR count). The predicted octanol–water partition coefficient (Wildman–Crippen LogP) is 2.57. The maximum Gasteiger partial charge on any atom is 0.410 e. The van der Waals surface area contributed by atoms with Gasteiger partial charge in [0.05, 0.1) is 19.3 Å². The molecule has 0 N–H and O–H groups in total. The van der Waals surface area contributed by atoms with Crippen molar-refractivity contribution in [1.82, 2.24) is 14.7 Å². The Kier molecular flexibility index (Phi) is 4.12. The van der Waals surface area contributed by atoms with E-state index in [0.29, 0.717) is 12.0 Å². The SMILES string of the molecule is CC(C)(C)OC(=O)N1CCC(c2ccnn2C2COC2)CC1. The fourth-order valence-electron chi connectivity index (χ4n) is 3.00. The number of carbonyl (C=O) groups is 1. The van der Waals surface area contributed by atoms with Crippen molar-refractivity contribution in [2.24, 2.45) is 0 Å². The number of nitrogens with zero attached hydrogens (tertiary/aromatic N) is 3. The largest absolute Gasteiger partial charge is 0.444 e. The molecule has 0 atom stereocenters. The Labute approximate surface area is 131 Å². The highest BCUT2D eigenvalue weighted by molar-refractivity contribution is 5.68. The summed E-state index contributed by atoms with van der Waals surface area (Å²) in [5, 5.41) is 4.45. The molecule has 2 fully saturated rings. The quantitative estimate of drug-likeness (QED) is 0.842. The second-order valence-electron chi connectivity index (χ2n) is 7.13. The Morgan fingerprint density at radius 1 is 1.32 bits per heavy atom. The van der Waals surface area contributed by atoms with Crippen molar-refractivity contribution in [3.63, 3.8) is 0 Å². The fraction of sp³-hybridized carbons (Fsp3) is 0.750. The van der Waals surface area contributed by atoms with E-state index in [1.54, 1.807) is 0 Å². The van der Waals surface area contributed by atoms with Gasteiger partial charge in [0.1, 0.15) is 5.60 Å². The summed E-state index contributed by atoms with van der Waals surface area (Å²) < 4.78 is 12.8. The van der Waals surface area contributed by atoms with Crippen molar-refractivity contribution in [2.45, 2.75) is 51.2 Å². The van der Waals surface area contributed by atoms with Crippen molar-refractivity contribution >= 4 is 6.09 Å². The lowest BCUT2D eigenvalue weighted by molar-refractivity contribution is -0.0306. The van der Waals surface area contributed by atoms with Crippen LogP contribution in [0.2, 0.25) is 0 Å². The summed E-state index contributed by atoms with van der Waals surface area (Å²) >= 11 is 0. The molecule has 0 aromatic carbocycles. The van der Waals surface area contributed by atoms with Crippen LogP contribution in [0.1, 0.15) is 51.3 Å². The highest BCUT2D eigenvalue weighted by Gasteiger charge is 2.31. The molecule has 0 aliphatic carbocycles. The van der Waals surface area contributed by atoms with E-state index < -0.39 is 5.60 Å². The van der Waals surface area contributed by atoms with Crippen molar-refractivity contribution < 1.29 is 14.3 Å². The number of amides is 1. The molecule has 0 bridgehead atoms. The minimum Gasteiger partial charge on any atom is -0.444 e. The molecule has 2 aliphatic heterocycles. The van der Waals surface area contributed by atoms with Crippen LogP contribution < -0.4 is 0 Å². The van der Waals surface area contributed by atoms with Gasteiger partial charge in [-0.3, -0.25) is 4.68 Å². The first-order chi connectivity index (χ1) is 10.4. The number of rotatable bonds is 2. The molecule has 1 amide bonds. The molecule has 0 saturated carbocycles. The molecule has 0 unspecified atom stereocenters. The number of piperidine rings is 1. The zero-order valence-corrected chi connectivity index (χ0v) is 13.6. The second kappa shape index (κ2) is 5.91. The smallest absolute Gasteiger partial charge is 0.410 e. The lowest BCUT2D eigenvalue weighted by atomic mass is 9.93. The first-order valence-electron chi connectivity index (χ1n) is 8.03. The van der Waals surface area contributed by atoms with Gasteiger partial charge in [0, 0.05) is 30.9 Å². The van der Waals surface area contributed by atoms with E-state index in [4.69, 9.17) is 9.47 Å². The molecule has 122 valence electrons. The Morgan fingerprint density at radius 2 is 2.00 bits per heavy atom. The highest BCUT2D eigenvalue weighted by Crippen LogP contribution is 2.31. The molecule has 22 heavy (non-hydrogen) atoms. The summed E-state index contributed by atoms with van der Waals surface area (Å²) in [6.45, 7) is 8.69. The van der Waals surface area contributed by atoms with Crippen LogP contribution in [-0.4, -0.2) is 52.7 Å². The second-order valence-corrected chi connectivity index (χ2v) is 7.13. The van der Waals surface area contributed by atoms with E-state index in [1.165, 1.54) is 5.69 Å². The third-order valence-electron chi connectivity index (χ3n) is 4.23. The molecule has 2 aliphatic rings. The molecular formula is C16H25N3O3. The summed E-state index contributed by atoms with van der Waals surface area (Å²) in [7, 11) is 0. The predicted molar refractivity (Wildman–Crippen MR) is 81.9 cm³/mol. The van der Waals surface area contributed by atoms with Gasteiger partial charge in [-0.1, -0.05) is 0 Å². The van der Waals surface area contributed by atoms with Crippen LogP contribution in [0.5, 0.6) is 0 Å². The van der Waals surface area contributed by atoms with E-state index in [9.17, 15) is 4.79 Å². The van der Waals surface area contributed by atoms with Crippen molar-refractivity contribution in [3.05, 3.63) is 18.0 Å².